The Bertz CT molecular complexity index is 1330. The molecule has 0 aliphatic carbocycles. The lowest BCUT2D eigenvalue weighted by Gasteiger charge is -2.11. The molecular weight excluding hydrogens is 491 g/mol. The third kappa shape index (κ3) is 4.70. The first-order valence-corrected chi connectivity index (χ1v) is 10.9. The SMILES string of the molecule is O=C(CN1C(=O)S/C(=C/c2ccc(-c3cccc(Cl)c3Cl)o2)C1=O)c1ccc([N+](=O)[O-])cc1. The number of imide groups is 1. The number of Topliss-reactive ketones (excluding diaryl/α,β-unsaturated/α-hetero) is 1. The molecule has 4 rings (SSSR count). The van der Waals surface area contributed by atoms with Gasteiger partial charge < -0.3 is 4.42 Å². The number of non-ortho nitro benzene ring substituents is 1. The van der Waals surface area contributed by atoms with Gasteiger partial charge in [-0.25, -0.2) is 0 Å². The minimum absolute atomic E-state index is 0.0922. The summed E-state index contributed by atoms with van der Waals surface area (Å²) in [5.41, 5.74) is 0.556. The number of carbonyl (C=O) groups is 3. The highest BCUT2D eigenvalue weighted by Crippen LogP contribution is 2.36. The van der Waals surface area contributed by atoms with Crippen LogP contribution in [0.3, 0.4) is 0 Å². The van der Waals surface area contributed by atoms with Crippen molar-refractivity contribution in [1.82, 2.24) is 4.90 Å². The molecule has 11 heteroatoms. The number of amides is 2. The Morgan fingerprint density at radius 3 is 2.52 bits per heavy atom. The zero-order chi connectivity index (χ0) is 23.7. The summed E-state index contributed by atoms with van der Waals surface area (Å²) < 4.78 is 5.73. The Kier molecular flexibility index (Phi) is 6.37. The van der Waals surface area contributed by atoms with E-state index >= 15 is 0 Å². The van der Waals surface area contributed by atoms with Gasteiger partial charge in [-0.15, -0.1) is 0 Å². The summed E-state index contributed by atoms with van der Waals surface area (Å²) in [7, 11) is 0. The van der Waals surface area contributed by atoms with Crippen LogP contribution in [0.4, 0.5) is 10.5 Å². The van der Waals surface area contributed by atoms with Crippen LogP contribution >= 0.6 is 35.0 Å². The topological polar surface area (TPSA) is 111 Å². The van der Waals surface area contributed by atoms with Gasteiger partial charge in [-0.05, 0) is 48.2 Å². The van der Waals surface area contributed by atoms with Gasteiger partial charge in [0.1, 0.15) is 11.5 Å². The maximum atomic E-state index is 12.7. The molecule has 1 aliphatic heterocycles. The van der Waals surface area contributed by atoms with Crippen LogP contribution in [0.2, 0.25) is 10.0 Å². The number of carbonyl (C=O) groups excluding carboxylic acids is 3. The van der Waals surface area contributed by atoms with Crippen LogP contribution in [0.5, 0.6) is 0 Å². The van der Waals surface area contributed by atoms with E-state index in [1.165, 1.54) is 30.3 Å². The highest BCUT2D eigenvalue weighted by molar-refractivity contribution is 8.18. The largest absolute Gasteiger partial charge is 0.457 e. The number of hydrogen-bond donors (Lipinski definition) is 0. The maximum Gasteiger partial charge on any atom is 0.293 e. The van der Waals surface area contributed by atoms with E-state index < -0.39 is 28.4 Å². The van der Waals surface area contributed by atoms with E-state index in [0.717, 1.165) is 4.90 Å². The van der Waals surface area contributed by atoms with Gasteiger partial charge in [0.25, 0.3) is 16.8 Å². The summed E-state index contributed by atoms with van der Waals surface area (Å²) in [5, 5.41) is 10.8. The Hall–Kier alpha value is -3.40. The number of nitrogens with zero attached hydrogens (tertiary/aromatic N) is 2. The average molecular weight is 503 g/mol. The number of hydrogen-bond acceptors (Lipinski definition) is 7. The standard InChI is InChI=1S/C22H12Cl2N2O6S/c23-16-3-1-2-15(20(16)24)18-9-8-14(32-18)10-19-21(28)25(22(29)33-19)11-17(27)12-4-6-13(7-5-12)26(30)31/h1-10H,11H2/b19-10+. The van der Waals surface area contributed by atoms with E-state index in [-0.39, 0.29) is 16.2 Å². The maximum absolute atomic E-state index is 12.7. The van der Waals surface area contributed by atoms with Crippen molar-refractivity contribution in [2.75, 3.05) is 6.54 Å². The molecule has 0 bridgehead atoms. The van der Waals surface area contributed by atoms with Crippen molar-refractivity contribution in [1.29, 1.82) is 0 Å². The van der Waals surface area contributed by atoms with Crippen LogP contribution in [-0.2, 0) is 4.79 Å². The van der Waals surface area contributed by atoms with Gasteiger partial charge in [0.15, 0.2) is 5.78 Å². The van der Waals surface area contributed by atoms with Crippen molar-refractivity contribution in [3.8, 4) is 11.3 Å². The normalized spacial score (nSPS) is 14.8. The molecule has 166 valence electrons. The zero-order valence-electron chi connectivity index (χ0n) is 16.5. The first-order chi connectivity index (χ1) is 15.7. The number of furan rings is 1. The predicted octanol–water partition coefficient (Wildman–Crippen LogP) is 6.08. The van der Waals surface area contributed by atoms with E-state index in [9.17, 15) is 24.5 Å². The highest BCUT2D eigenvalue weighted by Gasteiger charge is 2.36. The Balaban J connectivity index is 1.50. The third-order valence-corrected chi connectivity index (χ3v) is 6.42. The molecule has 0 saturated carbocycles. The van der Waals surface area contributed by atoms with Crippen LogP contribution in [0.25, 0.3) is 17.4 Å². The van der Waals surface area contributed by atoms with Gasteiger partial charge >= 0.3 is 0 Å². The predicted molar refractivity (Wildman–Crippen MR) is 124 cm³/mol. The second kappa shape index (κ2) is 9.22. The van der Waals surface area contributed by atoms with E-state index in [1.807, 2.05) is 0 Å². The molecule has 1 aromatic heterocycles. The number of thioether (sulfide) groups is 1. The van der Waals surface area contributed by atoms with Gasteiger partial charge in [0, 0.05) is 29.3 Å². The van der Waals surface area contributed by atoms with Crippen molar-refractivity contribution in [2.24, 2.45) is 0 Å². The van der Waals surface area contributed by atoms with Crippen LogP contribution in [0.1, 0.15) is 16.1 Å². The molecule has 0 atom stereocenters. The summed E-state index contributed by atoms with van der Waals surface area (Å²) in [6.45, 7) is -0.485. The zero-order valence-corrected chi connectivity index (χ0v) is 18.8. The molecule has 0 radical (unpaired) electrons. The molecule has 1 fully saturated rings. The summed E-state index contributed by atoms with van der Waals surface area (Å²) in [6.07, 6.45) is 1.41. The van der Waals surface area contributed by atoms with E-state index in [2.05, 4.69) is 0 Å². The Morgan fingerprint density at radius 2 is 1.82 bits per heavy atom. The van der Waals surface area contributed by atoms with Crippen molar-refractivity contribution in [2.45, 2.75) is 0 Å². The van der Waals surface area contributed by atoms with Gasteiger partial charge in [0.05, 0.1) is 26.4 Å². The lowest BCUT2D eigenvalue weighted by Crippen LogP contribution is -2.33. The fraction of sp³-hybridized carbons (Fsp3) is 0.0455. The van der Waals surface area contributed by atoms with Crippen LogP contribution < -0.4 is 0 Å². The average Bonchev–Trinajstić information content (AvgIpc) is 3.35. The Morgan fingerprint density at radius 1 is 1.09 bits per heavy atom. The van der Waals surface area contributed by atoms with Crippen molar-refractivity contribution < 1.29 is 23.7 Å². The second-order valence-corrected chi connectivity index (χ2v) is 8.58. The van der Waals surface area contributed by atoms with Crippen LogP contribution in [0.15, 0.2) is 63.9 Å². The molecule has 1 aliphatic rings. The molecule has 2 heterocycles. The summed E-state index contributed by atoms with van der Waals surface area (Å²) >= 11 is 12.9. The molecule has 33 heavy (non-hydrogen) atoms. The lowest BCUT2D eigenvalue weighted by molar-refractivity contribution is -0.384. The van der Waals surface area contributed by atoms with Gasteiger partial charge in [-0.2, -0.15) is 0 Å². The van der Waals surface area contributed by atoms with Gasteiger partial charge in [-0.3, -0.25) is 29.4 Å². The molecule has 1 saturated heterocycles. The number of nitro groups is 1. The monoisotopic (exact) mass is 502 g/mol. The molecule has 8 nitrogen and oxygen atoms in total. The third-order valence-electron chi connectivity index (χ3n) is 4.69. The van der Waals surface area contributed by atoms with Crippen molar-refractivity contribution in [3.63, 3.8) is 0 Å². The second-order valence-electron chi connectivity index (χ2n) is 6.80. The van der Waals surface area contributed by atoms with Crippen molar-refractivity contribution >= 4 is 63.7 Å². The number of benzene rings is 2. The molecule has 3 aromatic rings. The smallest absolute Gasteiger partial charge is 0.293 e. The van der Waals surface area contributed by atoms with E-state index in [4.69, 9.17) is 27.6 Å². The van der Waals surface area contributed by atoms with Crippen molar-refractivity contribution in [3.05, 3.63) is 91.0 Å². The molecule has 2 amide bonds. The number of halogens is 2. The summed E-state index contributed by atoms with van der Waals surface area (Å²) in [5.74, 6) is -0.419. The van der Waals surface area contributed by atoms with E-state index in [0.29, 0.717) is 38.9 Å². The fourth-order valence-electron chi connectivity index (χ4n) is 3.04. The minimum atomic E-state index is -0.640. The lowest BCUT2D eigenvalue weighted by atomic mass is 10.1. The minimum Gasteiger partial charge on any atom is -0.457 e. The quantitative estimate of drug-likeness (QED) is 0.173. The Labute approximate surface area is 200 Å². The first-order valence-electron chi connectivity index (χ1n) is 9.32. The molecule has 0 spiro atoms. The highest BCUT2D eigenvalue weighted by atomic mass is 35.5. The van der Waals surface area contributed by atoms with E-state index in [1.54, 1.807) is 30.3 Å². The number of nitro benzene ring substituents is 1. The van der Waals surface area contributed by atoms with Gasteiger partial charge in [0.2, 0.25) is 0 Å². The number of rotatable bonds is 6. The molecule has 0 unspecified atom stereocenters. The summed E-state index contributed by atoms with van der Waals surface area (Å²) in [6, 6.07) is 13.3. The molecule has 0 N–H and O–H groups in total. The van der Waals surface area contributed by atoms with Crippen LogP contribution in [0, 0.1) is 10.1 Å². The van der Waals surface area contributed by atoms with Crippen LogP contribution in [-0.4, -0.2) is 33.3 Å². The number of ketones is 1. The fourth-order valence-corrected chi connectivity index (χ4v) is 4.25. The van der Waals surface area contributed by atoms with Gasteiger partial charge in [-0.1, -0.05) is 29.3 Å². The summed E-state index contributed by atoms with van der Waals surface area (Å²) in [4.78, 5) is 48.6. The molecular formula is C22H12Cl2N2O6S. The molecule has 2 aromatic carbocycles. The first kappa shape index (κ1) is 22.8.